The number of rotatable bonds is 6. The molecule has 122 valence electrons. The van der Waals surface area contributed by atoms with Gasteiger partial charge in [0.05, 0.1) is 0 Å². The van der Waals surface area contributed by atoms with Crippen LogP contribution in [0.4, 0.5) is 0 Å². The topological polar surface area (TPSA) is 72.5 Å². The SMILES string of the molecule is CCc1ccc(S(=O)(=O)Oc2cccc(C(=O)NC3CC3)c2)s1. The van der Waals surface area contributed by atoms with Crippen LogP contribution in [-0.2, 0) is 16.5 Å². The Balaban J connectivity index is 1.77. The first kappa shape index (κ1) is 16.0. The van der Waals surface area contributed by atoms with Crippen LogP contribution in [0.25, 0.3) is 0 Å². The highest BCUT2D eigenvalue weighted by Crippen LogP contribution is 2.26. The molecule has 1 aromatic heterocycles. The standard InChI is InChI=1S/C16H17NO4S2/c1-2-14-8-9-15(22-14)23(19,20)21-13-5-3-4-11(10-13)16(18)17-12-6-7-12/h3-5,8-10,12H,2,6-7H2,1H3,(H,17,18). The molecule has 1 amide bonds. The summed E-state index contributed by atoms with van der Waals surface area (Å²) in [5.41, 5.74) is 0.394. The fourth-order valence-electron chi connectivity index (χ4n) is 2.04. The number of thiophene rings is 1. The van der Waals surface area contributed by atoms with Crippen molar-refractivity contribution < 1.29 is 17.4 Å². The van der Waals surface area contributed by atoms with E-state index in [4.69, 9.17) is 4.18 Å². The second kappa shape index (κ2) is 6.33. The minimum Gasteiger partial charge on any atom is -0.378 e. The fraction of sp³-hybridized carbons (Fsp3) is 0.312. The molecule has 0 spiro atoms. The fourth-order valence-corrected chi connectivity index (χ4v) is 4.22. The van der Waals surface area contributed by atoms with Gasteiger partial charge in [-0.15, -0.1) is 11.3 Å². The van der Waals surface area contributed by atoms with Gasteiger partial charge in [0, 0.05) is 16.5 Å². The summed E-state index contributed by atoms with van der Waals surface area (Å²) in [6, 6.07) is 9.79. The van der Waals surface area contributed by atoms with Gasteiger partial charge in [0.25, 0.3) is 5.91 Å². The van der Waals surface area contributed by atoms with Gasteiger partial charge in [0.1, 0.15) is 5.75 Å². The summed E-state index contributed by atoms with van der Waals surface area (Å²) in [7, 11) is -3.87. The van der Waals surface area contributed by atoms with E-state index < -0.39 is 10.1 Å². The Hall–Kier alpha value is -1.86. The quantitative estimate of drug-likeness (QED) is 0.812. The van der Waals surface area contributed by atoms with Crippen LogP contribution < -0.4 is 9.50 Å². The maximum absolute atomic E-state index is 12.3. The van der Waals surface area contributed by atoms with Crippen molar-refractivity contribution in [2.24, 2.45) is 0 Å². The Kier molecular flexibility index (Phi) is 4.41. The Morgan fingerprint density at radius 1 is 1.30 bits per heavy atom. The zero-order valence-electron chi connectivity index (χ0n) is 12.6. The van der Waals surface area contributed by atoms with E-state index in [1.54, 1.807) is 24.3 Å². The molecule has 0 radical (unpaired) electrons. The highest BCUT2D eigenvalue weighted by atomic mass is 32.3. The molecule has 1 fully saturated rings. The van der Waals surface area contributed by atoms with E-state index in [2.05, 4.69) is 5.32 Å². The number of hydrogen-bond acceptors (Lipinski definition) is 5. The van der Waals surface area contributed by atoms with Crippen LogP contribution in [0.5, 0.6) is 5.75 Å². The minimum absolute atomic E-state index is 0.139. The van der Waals surface area contributed by atoms with Gasteiger partial charge < -0.3 is 9.50 Å². The van der Waals surface area contributed by atoms with Crippen LogP contribution >= 0.6 is 11.3 Å². The largest absolute Gasteiger partial charge is 0.378 e. The lowest BCUT2D eigenvalue weighted by molar-refractivity contribution is 0.0951. The molecule has 1 aliphatic carbocycles. The van der Waals surface area contributed by atoms with Crippen molar-refractivity contribution in [2.45, 2.75) is 36.4 Å². The summed E-state index contributed by atoms with van der Waals surface area (Å²) in [6.07, 6.45) is 2.76. The molecule has 7 heteroatoms. The van der Waals surface area contributed by atoms with Crippen molar-refractivity contribution in [3.63, 3.8) is 0 Å². The summed E-state index contributed by atoms with van der Waals surface area (Å²) in [5, 5.41) is 2.86. The molecular formula is C16H17NO4S2. The second-order valence-corrected chi connectivity index (χ2v) is 8.33. The number of aryl methyl sites for hydroxylation is 1. The highest BCUT2D eigenvalue weighted by molar-refractivity contribution is 7.89. The monoisotopic (exact) mass is 351 g/mol. The number of carbonyl (C=O) groups is 1. The average molecular weight is 351 g/mol. The van der Waals surface area contributed by atoms with E-state index in [1.165, 1.54) is 23.5 Å². The second-order valence-electron chi connectivity index (χ2n) is 5.39. The lowest BCUT2D eigenvalue weighted by Crippen LogP contribution is -2.25. The maximum atomic E-state index is 12.3. The number of hydrogen-bond donors (Lipinski definition) is 1. The summed E-state index contributed by atoms with van der Waals surface area (Å²) in [6.45, 7) is 1.96. The number of nitrogens with one attached hydrogen (secondary N) is 1. The normalized spacial score (nSPS) is 14.5. The first-order valence-electron chi connectivity index (χ1n) is 7.42. The van der Waals surface area contributed by atoms with E-state index in [-0.39, 0.29) is 21.9 Å². The third-order valence-corrected chi connectivity index (χ3v) is 6.37. The molecule has 1 aromatic carbocycles. The van der Waals surface area contributed by atoms with Gasteiger partial charge in [-0.3, -0.25) is 4.79 Å². The lowest BCUT2D eigenvalue weighted by atomic mass is 10.2. The lowest BCUT2D eigenvalue weighted by Gasteiger charge is -2.07. The third-order valence-electron chi connectivity index (χ3n) is 3.45. The molecule has 2 aromatic rings. The Morgan fingerprint density at radius 3 is 2.74 bits per heavy atom. The van der Waals surface area contributed by atoms with Crippen LogP contribution in [0.3, 0.4) is 0 Å². The zero-order valence-corrected chi connectivity index (χ0v) is 14.2. The smallest absolute Gasteiger partial charge is 0.348 e. The molecule has 0 unspecified atom stereocenters. The van der Waals surface area contributed by atoms with Crippen LogP contribution in [0.15, 0.2) is 40.6 Å². The van der Waals surface area contributed by atoms with Gasteiger partial charge in [-0.1, -0.05) is 13.0 Å². The number of carbonyl (C=O) groups excluding carboxylic acids is 1. The van der Waals surface area contributed by atoms with Crippen molar-refractivity contribution in [1.29, 1.82) is 0 Å². The summed E-state index contributed by atoms with van der Waals surface area (Å²) in [5.74, 6) is -0.0698. The van der Waals surface area contributed by atoms with E-state index in [9.17, 15) is 13.2 Å². The van der Waals surface area contributed by atoms with Gasteiger partial charge in [-0.2, -0.15) is 8.42 Å². The molecule has 0 bridgehead atoms. The molecule has 1 heterocycles. The molecule has 3 rings (SSSR count). The molecule has 0 aliphatic heterocycles. The van der Waals surface area contributed by atoms with Gasteiger partial charge in [0.15, 0.2) is 4.21 Å². The predicted octanol–water partition coefficient (Wildman–Crippen LogP) is 2.97. The van der Waals surface area contributed by atoms with Crippen LogP contribution in [-0.4, -0.2) is 20.4 Å². The third kappa shape index (κ3) is 3.92. The Morgan fingerprint density at radius 2 is 2.09 bits per heavy atom. The van der Waals surface area contributed by atoms with Crippen molar-refractivity contribution >= 4 is 27.4 Å². The van der Waals surface area contributed by atoms with Crippen LogP contribution in [0.1, 0.15) is 35.0 Å². The predicted molar refractivity (Wildman–Crippen MR) is 88.4 cm³/mol. The van der Waals surface area contributed by atoms with E-state index in [0.717, 1.165) is 24.1 Å². The van der Waals surface area contributed by atoms with Gasteiger partial charge in [-0.05, 0) is 49.6 Å². The van der Waals surface area contributed by atoms with Crippen molar-refractivity contribution in [3.8, 4) is 5.75 Å². The van der Waals surface area contributed by atoms with Gasteiger partial charge >= 0.3 is 10.1 Å². The molecular weight excluding hydrogens is 334 g/mol. The van der Waals surface area contributed by atoms with Crippen molar-refractivity contribution in [1.82, 2.24) is 5.32 Å². The van der Waals surface area contributed by atoms with E-state index in [1.807, 2.05) is 6.92 Å². The zero-order chi connectivity index (χ0) is 16.4. The van der Waals surface area contributed by atoms with Gasteiger partial charge in [0.2, 0.25) is 0 Å². The minimum atomic E-state index is -3.87. The molecule has 23 heavy (non-hydrogen) atoms. The van der Waals surface area contributed by atoms with Crippen LogP contribution in [0, 0.1) is 0 Å². The maximum Gasteiger partial charge on any atom is 0.348 e. The Labute approximate surface area is 139 Å². The molecule has 1 N–H and O–H groups in total. The highest BCUT2D eigenvalue weighted by Gasteiger charge is 2.24. The first-order valence-corrected chi connectivity index (χ1v) is 9.64. The van der Waals surface area contributed by atoms with E-state index >= 15 is 0 Å². The van der Waals surface area contributed by atoms with Crippen molar-refractivity contribution in [2.75, 3.05) is 0 Å². The average Bonchev–Trinajstić information content (AvgIpc) is 3.19. The molecule has 1 saturated carbocycles. The summed E-state index contributed by atoms with van der Waals surface area (Å²) >= 11 is 1.19. The molecule has 0 saturated heterocycles. The Bertz CT molecular complexity index is 822. The first-order chi connectivity index (χ1) is 11.0. The van der Waals surface area contributed by atoms with E-state index in [0.29, 0.717) is 5.56 Å². The molecule has 5 nitrogen and oxygen atoms in total. The van der Waals surface area contributed by atoms with Gasteiger partial charge in [-0.25, -0.2) is 0 Å². The number of benzene rings is 1. The molecule has 0 atom stereocenters. The van der Waals surface area contributed by atoms with Crippen molar-refractivity contribution in [3.05, 3.63) is 46.8 Å². The molecule has 1 aliphatic rings. The summed E-state index contributed by atoms with van der Waals surface area (Å²) in [4.78, 5) is 13.0. The summed E-state index contributed by atoms with van der Waals surface area (Å²) < 4.78 is 29.9. The number of amides is 1. The van der Waals surface area contributed by atoms with Crippen LogP contribution in [0.2, 0.25) is 0 Å².